The Morgan fingerprint density at radius 2 is 0.542 bits per heavy atom. The number of rotatable bonds is 35. The molecule has 0 fully saturated rings. The van der Waals surface area contributed by atoms with Gasteiger partial charge in [-0.25, -0.2) is 0 Å². The van der Waals surface area contributed by atoms with Crippen molar-refractivity contribution in [3.63, 3.8) is 0 Å². The van der Waals surface area contributed by atoms with Crippen LogP contribution >= 0.6 is 0 Å². The van der Waals surface area contributed by atoms with Gasteiger partial charge in [-0.2, -0.15) is 0 Å². The molecule has 0 atom stereocenters. The number of carboxylic acid groups (broad SMARTS) is 2. The van der Waals surface area contributed by atoms with Crippen molar-refractivity contribution in [2.24, 2.45) is 10.8 Å². The van der Waals surface area contributed by atoms with Crippen molar-refractivity contribution >= 4 is 11.9 Å². The van der Waals surface area contributed by atoms with Gasteiger partial charge >= 0.3 is 11.9 Å². The molecule has 48 heavy (non-hydrogen) atoms. The van der Waals surface area contributed by atoms with E-state index in [1.54, 1.807) is 24.3 Å². The molecule has 0 aromatic carbocycles. The van der Waals surface area contributed by atoms with Gasteiger partial charge in [-0.3, -0.25) is 9.59 Å². The van der Waals surface area contributed by atoms with Crippen molar-refractivity contribution in [2.45, 2.75) is 207 Å². The first-order valence-corrected chi connectivity index (χ1v) is 20.6. The molecule has 4 nitrogen and oxygen atoms in total. The smallest absolute Gasteiger partial charge is 0.319 e. The fourth-order valence-corrected chi connectivity index (χ4v) is 6.55. The Hall–Kier alpha value is -2.10. The van der Waals surface area contributed by atoms with Crippen molar-refractivity contribution in [3.05, 3.63) is 48.6 Å². The molecule has 278 valence electrons. The van der Waals surface area contributed by atoms with Gasteiger partial charge in [0.2, 0.25) is 0 Å². The van der Waals surface area contributed by atoms with Gasteiger partial charge in [0.05, 0.1) is 0 Å². The number of carbonyl (C=O) groups is 2. The van der Waals surface area contributed by atoms with Crippen LogP contribution in [0.5, 0.6) is 0 Å². The van der Waals surface area contributed by atoms with Gasteiger partial charge < -0.3 is 10.2 Å². The zero-order valence-electron chi connectivity index (χ0n) is 32.1. The average molecular weight is 671 g/mol. The fourth-order valence-electron chi connectivity index (χ4n) is 6.55. The standard InChI is InChI=1S/C44H78O4/c1-5-9-13-17-21-25-29-33-37-43(41(45)46,38-34-30-26-22-18-14-10-6-2)44(42(47)48,39-35-31-27-23-19-15-11-7-3)40-36-32-28-24-20-16-12-8-4/h33-40H,5-32H2,1-4H3,(H,45,46)(H,47,48)/b37-33+,38-34+,39-35+,40-36+. The molecular formula is C44H78O4. The summed E-state index contributed by atoms with van der Waals surface area (Å²) in [6.45, 7) is 8.86. The molecule has 0 unspecified atom stereocenters. The molecule has 0 saturated carbocycles. The molecule has 0 aliphatic carbocycles. The van der Waals surface area contributed by atoms with E-state index in [1.807, 2.05) is 24.3 Å². The van der Waals surface area contributed by atoms with Crippen molar-refractivity contribution in [1.29, 1.82) is 0 Å². The van der Waals surface area contributed by atoms with Crippen LogP contribution in [0.1, 0.15) is 207 Å². The summed E-state index contributed by atoms with van der Waals surface area (Å²) in [7, 11) is 0. The molecule has 0 radical (unpaired) electrons. The van der Waals surface area contributed by atoms with E-state index in [0.717, 1.165) is 77.0 Å². The average Bonchev–Trinajstić information content (AvgIpc) is 3.07. The molecule has 0 heterocycles. The maximum Gasteiger partial charge on any atom is 0.319 e. The summed E-state index contributed by atoms with van der Waals surface area (Å²) in [4.78, 5) is 27.0. The van der Waals surface area contributed by atoms with Crippen LogP contribution in [0.25, 0.3) is 0 Å². The number of aliphatic carboxylic acids is 2. The molecule has 0 bridgehead atoms. The van der Waals surface area contributed by atoms with E-state index in [-0.39, 0.29) is 0 Å². The minimum absolute atomic E-state index is 0.755. The summed E-state index contributed by atoms with van der Waals surface area (Å²) in [5.41, 5.74) is -3.42. The van der Waals surface area contributed by atoms with Gasteiger partial charge in [-0.1, -0.05) is 205 Å². The molecule has 0 aromatic heterocycles. The van der Waals surface area contributed by atoms with Crippen LogP contribution in [0.3, 0.4) is 0 Å². The maximum atomic E-state index is 13.5. The highest BCUT2D eigenvalue weighted by molar-refractivity contribution is 5.93. The highest BCUT2D eigenvalue weighted by Gasteiger charge is 2.56. The van der Waals surface area contributed by atoms with E-state index in [1.165, 1.54) is 103 Å². The Morgan fingerprint density at radius 1 is 0.354 bits per heavy atom. The number of unbranched alkanes of at least 4 members (excludes halogenated alkanes) is 24. The third-order valence-electron chi connectivity index (χ3n) is 9.81. The molecule has 4 heteroatoms. The highest BCUT2D eigenvalue weighted by Crippen LogP contribution is 2.47. The van der Waals surface area contributed by atoms with E-state index in [2.05, 4.69) is 27.7 Å². The topological polar surface area (TPSA) is 74.6 Å². The third-order valence-corrected chi connectivity index (χ3v) is 9.81. The highest BCUT2D eigenvalue weighted by atomic mass is 16.4. The summed E-state index contributed by atoms with van der Waals surface area (Å²) < 4.78 is 0. The van der Waals surface area contributed by atoms with Crippen molar-refractivity contribution < 1.29 is 19.8 Å². The zero-order valence-corrected chi connectivity index (χ0v) is 32.1. The van der Waals surface area contributed by atoms with E-state index in [9.17, 15) is 19.8 Å². The second-order valence-corrected chi connectivity index (χ2v) is 14.2. The van der Waals surface area contributed by atoms with Crippen LogP contribution in [0.2, 0.25) is 0 Å². The van der Waals surface area contributed by atoms with E-state index in [4.69, 9.17) is 0 Å². The summed E-state index contributed by atoms with van der Waals surface area (Å²) in [5, 5.41) is 22.0. The Bertz CT molecular complexity index is 756. The first-order chi connectivity index (χ1) is 23.4. The van der Waals surface area contributed by atoms with Crippen LogP contribution in [0.15, 0.2) is 48.6 Å². The quantitative estimate of drug-likeness (QED) is 0.0520. The van der Waals surface area contributed by atoms with E-state index in [0.29, 0.717) is 0 Å². The molecule has 2 N–H and O–H groups in total. The van der Waals surface area contributed by atoms with Gasteiger partial charge in [0, 0.05) is 0 Å². The predicted molar refractivity (Wildman–Crippen MR) is 209 cm³/mol. The van der Waals surface area contributed by atoms with E-state index >= 15 is 0 Å². The maximum absolute atomic E-state index is 13.5. The van der Waals surface area contributed by atoms with Crippen LogP contribution in [-0.2, 0) is 9.59 Å². The zero-order chi connectivity index (χ0) is 35.6. The van der Waals surface area contributed by atoms with Gasteiger partial charge in [-0.15, -0.1) is 0 Å². The summed E-state index contributed by atoms with van der Waals surface area (Å²) in [6.07, 6.45) is 45.6. The molecule has 0 amide bonds. The van der Waals surface area contributed by atoms with Gasteiger partial charge in [0.25, 0.3) is 0 Å². The largest absolute Gasteiger partial charge is 0.480 e. The van der Waals surface area contributed by atoms with Gasteiger partial charge in [0.1, 0.15) is 10.8 Å². The van der Waals surface area contributed by atoms with Gasteiger partial charge in [-0.05, 0) is 51.4 Å². The molecule has 0 saturated heterocycles. The summed E-state index contributed by atoms with van der Waals surface area (Å²) in [6, 6.07) is 0. The Labute approximate surface area is 298 Å². The molecule has 0 spiro atoms. The number of hydrogen-bond donors (Lipinski definition) is 2. The SMILES string of the molecule is CCCCCCCC/C=C/C(/C=C/CCCCCCCC)(C(=O)O)C(/C=C/CCCCCCCC)(/C=C/CCCCCCCC)C(=O)O. The summed E-state index contributed by atoms with van der Waals surface area (Å²) in [5.74, 6) is -2.20. The minimum Gasteiger partial charge on any atom is -0.480 e. The molecule has 0 aliphatic rings. The second-order valence-electron chi connectivity index (χ2n) is 14.2. The lowest BCUT2D eigenvalue weighted by molar-refractivity contribution is -0.158. The first-order valence-electron chi connectivity index (χ1n) is 20.6. The van der Waals surface area contributed by atoms with Gasteiger partial charge in [0.15, 0.2) is 0 Å². The second kappa shape index (κ2) is 32.1. The summed E-state index contributed by atoms with van der Waals surface area (Å²) >= 11 is 0. The first kappa shape index (κ1) is 45.9. The monoisotopic (exact) mass is 671 g/mol. The lowest BCUT2D eigenvalue weighted by Gasteiger charge is -2.38. The predicted octanol–water partition coefficient (Wildman–Crippen LogP) is 14.4. The Morgan fingerprint density at radius 3 is 0.729 bits per heavy atom. The lowest BCUT2D eigenvalue weighted by atomic mass is 9.61. The normalized spacial score (nSPS) is 12.8. The van der Waals surface area contributed by atoms with E-state index < -0.39 is 22.8 Å². The molecule has 0 aromatic rings. The van der Waals surface area contributed by atoms with Crippen molar-refractivity contribution in [2.75, 3.05) is 0 Å². The molecular weight excluding hydrogens is 592 g/mol. The Kier molecular flexibility index (Phi) is 30.7. The lowest BCUT2D eigenvalue weighted by Crippen LogP contribution is -2.48. The van der Waals surface area contributed by atoms with Crippen LogP contribution in [0.4, 0.5) is 0 Å². The molecule has 0 aliphatic heterocycles. The van der Waals surface area contributed by atoms with Crippen LogP contribution in [0, 0.1) is 10.8 Å². The van der Waals surface area contributed by atoms with Crippen LogP contribution in [-0.4, -0.2) is 22.2 Å². The molecule has 0 rings (SSSR count). The number of hydrogen-bond acceptors (Lipinski definition) is 2. The number of allylic oxidation sites excluding steroid dienone is 4. The minimum atomic E-state index is -1.71. The van der Waals surface area contributed by atoms with Crippen molar-refractivity contribution in [3.8, 4) is 0 Å². The van der Waals surface area contributed by atoms with Crippen LogP contribution < -0.4 is 0 Å². The Balaban J connectivity index is 6.38. The third kappa shape index (κ3) is 20.4. The van der Waals surface area contributed by atoms with Crippen molar-refractivity contribution in [1.82, 2.24) is 0 Å². The number of carboxylic acids is 2. The fraction of sp³-hybridized carbons (Fsp3) is 0.773.